The van der Waals surface area contributed by atoms with Gasteiger partial charge in [-0.2, -0.15) is 0 Å². The van der Waals surface area contributed by atoms with Crippen LogP contribution in [0.3, 0.4) is 0 Å². The molecule has 82 valence electrons. The molecule has 3 N–H and O–H groups in total. The van der Waals surface area contributed by atoms with Crippen LogP contribution in [0.5, 0.6) is 11.5 Å². The van der Waals surface area contributed by atoms with Crippen LogP contribution in [0.25, 0.3) is 0 Å². The maximum atomic E-state index is 10.9. The smallest absolute Gasteiger partial charge is 0.311 e. The van der Waals surface area contributed by atoms with Gasteiger partial charge in [-0.05, 0) is 25.0 Å². The first kappa shape index (κ1) is 11.4. The number of phenols is 2. The zero-order valence-electron chi connectivity index (χ0n) is 8.69. The van der Waals surface area contributed by atoms with Gasteiger partial charge < -0.3 is 15.3 Å². The molecule has 0 aliphatic carbocycles. The summed E-state index contributed by atoms with van der Waals surface area (Å²) in [5.74, 6) is -1.91. The number of rotatable bonds is 3. The fraction of sp³-hybridized carbons (Fsp3) is 0.364. The number of carboxylic acids is 1. The van der Waals surface area contributed by atoms with Gasteiger partial charge in [0.15, 0.2) is 0 Å². The van der Waals surface area contributed by atoms with Crippen molar-refractivity contribution in [3.63, 3.8) is 0 Å². The van der Waals surface area contributed by atoms with Crippen molar-refractivity contribution in [1.82, 2.24) is 0 Å². The summed E-state index contributed by atoms with van der Waals surface area (Å²) in [6.45, 7) is 3.40. The molecule has 1 aromatic rings. The highest BCUT2D eigenvalue weighted by Crippen LogP contribution is 2.33. The molecule has 0 amide bonds. The number of benzene rings is 1. The zero-order chi connectivity index (χ0) is 11.6. The third-order valence-electron chi connectivity index (χ3n) is 2.43. The second-order valence-electron chi connectivity index (χ2n) is 3.50. The summed E-state index contributed by atoms with van der Waals surface area (Å²) in [6.07, 6.45) is 0.396. The normalized spacial score (nSPS) is 12.4. The minimum Gasteiger partial charge on any atom is -0.508 e. The van der Waals surface area contributed by atoms with Crippen molar-refractivity contribution in [2.24, 2.45) is 0 Å². The lowest BCUT2D eigenvalue weighted by Crippen LogP contribution is -2.10. The Balaban J connectivity index is 3.24. The molecule has 0 radical (unpaired) electrons. The summed E-state index contributed by atoms with van der Waals surface area (Å²) in [6, 6.07) is 2.68. The van der Waals surface area contributed by atoms with Gasteiger partial charge in [-0.1, -0.05) is 6.92 Å². The van der Waals surface area contributed by atoms with E-state index in [1.807, 2.05) is 0 Å². The number of hydrogen-bond acceptors (Lipinski definition) is 3. The summed E-state index contributed by atoms with van der Waals surface area (Å²) >= 11 is 0. The molecule has 0 saturated heterocycles. The van der Waals surface area contributed by atoms with E-state index in [0.717, 1.165) is 0 Å². The Morgan fingerprint density at radius 1 is 1.33 bits per heavy atom. The van der Waals surface area contributed by atoms with Crippen molar-refractivity contribution in [2.45, 2.75) is 26.2 Å². The minimum absolute atomic E-state index is 0.0310. The third-order valence-corrected chi connectivity index (χ3v) is 2.43. The van der Waals surface area contributed by atoms with Crippen LogP contribution in [0.2, 0.25) is 0 Å². The van der Waals surface area contributed by atoms with Crippen LogP contribution in [-0.2, 0) is 4.79 Å². The number of carboxylic acid groups (broad SMARTS) is 1. The molecule has 0 saturated carbocycles. The quantitative estimate of drug-likeness (QED) is 0.712. The number of aliphatic carboxylic acids is 1. The van der Waals surface area contributed by atoms with Crippen molar-refractivity contribution < 1.29 is 20.1 Å². The first-order valence-corrected chi connectivity index (χ1v) is 4.72. The van der Waals surface area contributed by atoms with E-state index in [1.165, 1.54) is 12.1 Å². The fourth-order valence-corrected chi connectivity index (χ4v) is 1.51. The van der Waals surface area contributed by atoms with Gasteiger partial charge in [0, 0.05) is 11.6 Å². The number of aromatic hydroxyl groups is 2. The molecule has 0 aromatic heterocycles. The van der Waals surface area contributed by atoms with Crippen LogP contribution in [-0.4, -0.2) is 21.3 Å². The standard InChI is InChI=1S/C11H14O4/c1-3-7(11(14)15)8-4-6(2)9(12)5-10(8)13/h4-5,7,12-13H,3H2,1-2H3,(H,14,15). The maximum Gasteiger partial charge on any atom is 0.311 e. The topological polar surface area (TPSA) is 77.8 Å². The van der Waals surface area contributed by atoms with Crippen LogP contribution in [0.15, 0.2) is 12.1 Å². The van der Waals surface area contributed by atoms with Crippen LogP contribution in [0.4, 0.5) is 0 Å². The average Bonchev–Trinajstić information content (AvgIpc) is 2.14. The van der Waals surface area contributed by atoms with E-state index in [1.54, 1.807) is 13.8 Å². The highest BCUT2D eigenvalue weighted by molar-refractivity contribution is 5.77. The van der Waals surface area contributed by atoms with Gasteiger partial charge in [0.2, 0.25) is 0 Å². The Hall–Kier alpha value is -1.71. The average molecular weight is 210 g/mol. The molecular weight excluding hydrogens is 196 g/mol. The fourth-order valence-electron chi connectivity index (χ4n) is 1.51. The lowest BCUT2D eigenvalue weighted by atomic mass is 9.94. The molecule has 0 spiro atoms. The van der Waals surface area contributed by atoms with E-state index in [4.69, 9.17) is 5.11 Å². The second kappa shape index (κ2) is 4.21. The molecular formula is C11H14O4. The van der Waals surface area contributed by atoms with Gasteiger partial charge >= 0.3 is 5.97 Å². The monoisotopic (exact) mass is 210 g/mol. The van der Waals surface area contributed by atoms with Crippen molar-refractivity contribution >= 4 is 5.97 Å². The molecule has 0 heterocycles. The number of phenolic OH excluding ortho intramolecular Hbond substituents is 2. The largest absolute Gasteiger partial charge is 0.508 e. The van der Waals surface area contributed by atoms with Crippen molar-refractivity contribution in [3.8, 4) is 11.5 Å². The number of hydrogen-bond donors (Lipinski definition) is 3. The van der Waals surface area contributed by atoms with Gasteiger partial charge in [-0.15, -0.1) is 0 Å². The lowest BCUT2D eigenvalue weighted by Gasteiger charge is -2.13. The number of carbonyl (C=O) groups is 1. The molecule has 0 bridgehead atoms. The molecule has 1 atom stereocenters. The Morgan fingerprint density at radius 3 is 2.40 bits per heavy atom. The van der Waals surface area contributed by atoms with Gasteiger partial charge in [0.1, 0.15) is 11.5 Å². The van der Waals surface area contributed by atoms with Gasteiger partial charge in [-0.25, -0.2) is 0 Å². The van der Waals surface area contributed by atoms with E-state index in [2.05, 4.69) is 0 Å². The van der Waals surface area contributed by atoms with Crippen molar-refractivity contribution in [3.05, 3.63) is 23.3 Å². The van der Waals surface area contributed by atoms with Gasteiger partial charge in [0.05, 0.1) is 5.92 Å². The molecule has 1 rings (SSSR count). The predicted molar refractivity (Wildman–Crippen MR) is 55.2 cm³/mol. The third kappa shape index (κ3) is 2.21. The molecule has 0 fully saturated rings. The number of aryl methyl sites for hydroxylation is 1. The molecule has 1 aromatic carbocycles. The van der Waals surface area contributed by atoms with E-state index in [-0.39, 0.29) is 11.5 Å². The second-order valence-corrected chi connectivity index (χ2v) is 3.50. The molecule has 15 heavy (non-hydrogen) atoms. The highest BCUT2D eigenvalue weighted by Gasteiger charge is 2.21. The summed E-state index contributed by atoms with van der Waals surface area (Å²) in [5, 5.41) is 27.8. The van der Waals surface area contributed by atoms with E-state index >= 15 is 0 Å². The maximum absolute atomic E-state index is 10.9. The zero-order valence-corrected chi connectivity index (χ0v) is 8.69. The van der Waals surface area contributed by atoms with E-state index in [0.29, 0.717) is 17.5 Å². The van der Waals surface area contributed by atoms with Crippen molar-refractivity contribution in [2.75, 3.05) is 0 Å². The summed E-state index contributed by atoms with van der Waals surface area (Å²) in [7, 11) is 0. The molecule has 4 nitrogen and oxygen atoms in total. The van der Waals surface area contributed by atoms with Crippen LogP contribution in [0, 0.1) is 6.92 Å². The van der Waals surface area contributed by atoms with Crippen molar-refractivity contribution in [1.29, 1.82) is 0 Å². The first-order chi connectivity index (χ1) is 6.97. The Labute approximate surface area is 87.8 Å². The highest BCUT2D eigenvalue weighted by atomic mass is 16.4. The molecule has 4 heteroatoms. The van der Waals surface area contributed by atoms with Crippen LogP contribution in [0.1, 0.15) is 30.4 Å². The van der Waals surface area contributed by atoms with E-state index < -0.39 is 11.9 Å². The molecule has 0 aliphatic heterocycles. The summed E-state index contributed by atoms with van der Waals surface area (Å²) < 4.78 is 0. The van der Waals surface area contributed by atoms with E-state index in [9.17, 15) is 15.0 Å². The summed E-state index contributed by atoms with van der Waals surface area (Å²) in [4.78, 5) is 10.9. The predicted octanol–water partition coefficient (Wildman–Crippen LogP) is 1.98. The van der Waals surface area contributed by atoms with Crippen LogP contribution < -0.4 is 0 Å². The first-order valence-electron chi connectivity index (χ1n) is 4.72. The van der Waals surface area contributed by atoms with Gasteiger partial charge in [-0.3, -0.25) is 4.79 Å². The minimum atomic E-state index is -0.974. The summed E-state index contributed by atoms with van der Waals surface area (Å²) in [5.41, 5.74) is 0.905. The molecule has 1 unspecified atom stereocenters. The SMILES string of the molecule is CCC(C(=O)O)c1cc(C)c(O)cc1O. The Morgan fingerprint density at radius 2 is 1.93 bits per heavy atom. The Kier molecular flexibility index (Phi) is 3.19. The molecule has 0 aliphatic rings. The lowest BCUT2D eigenvalue weighted by molar-refractivity contribution is -0.138. The van der Waals surface area contributed by atoms with Crippen LogP contribution >= 0.6 is 0 Å². The van der Waals surface area contributed by atoms with Gasteiger partial charge in [0.25, 0.3) is 0 Å². The Bertz CT molecular complexity index is 384.